The van der Waals surface area contributed by atoms with Crippen LogP contribution in [0.2, 0.25) is 0 Å². The minimum atomic E-state index is -0.245. The summed E-state index contributed by atoms with van der Waals surface area (Å²) in [6.07, 6.45) is 0.735. The SMILES string of the molecule is CCOc1cc(C=O)ccc1OCC(=O)N[C@@H](C)c1ccccc1Br. The molecular weight excluding hydrogens is 386 g/mol. The third-order valence-corrected chi connectivity index (χ3v) is 4.23. The van der Waals surface area contributed by atoms with Crippen molar-refractivity contribution in [3.63, 3.8) is 0 Å². The summed E-state index contributed by atoms with van der Waals surface area (Å²) in [6.45, 7) is 4.03. The smallest absolute Gasteiger partial charge is 0.258 e. The first-order valence-electron chi connectivity index (χ1n) is 7.93. The second-order valence-corrected chi connectivity index (χ2v) is 6.21. The lowest BCUT2D eigenvalue weighted by atomic mass is 10.1. The Balaban J connectivity index is 1.98. The van der Waals surface area contributed by atoms with Crippen LogP contribution in [-0.4, -0.2) is 25.4 Å². The number of amides is 1. The summed E-state index contributed by atoms with van der Waals surface area (Å²) in [6, 6.07) is 12.4. The van der Waals surface area contributed by atoms with Crippen LogP contribution in [0.1, 0.15) is 35.8 Å². The average molecular weight is 406 g/mol. The molecule has 2 aromatic carbocycles. The van der Waals surface area contributed by atoms with Gasteiger partial charge in [0.1, 0.15) is 6.29 Å². The van der Waals surface area contributed by atoms with Gasteiger partial charge < -0.3 is 14.8 Å². The third kappa shape index (κ3) is 5.32. The monoisotopic (exact) mass is 405 g/mol. The fourth-order valence-electron chi connectivity index (χ4n) is 2.32. The number of hydrogen-bond donors (Lipinski definition) is 1. The van der Waals surface area contributed by atoms with Crippen LogP contribution in [0, 0.1) is 0 Å². The van der Waals surface area contributed by atoms with Crippen LogP contribution in [0.3, 0.4) is 0 Å². The van der Waals surface area contributed by atoms with Crippen LogP contribution >= 0.6 is 15.9 Å². The van der Waals surface area contributed by atoms with Crippen LogP contribution in [0.4, 0.5) is 0 Å². The van der Waals surface area contributed by atoms with Crippen molar-refractivity contribution >= 4 is 28.1 Å². The highest BCUT2D eigenvalue weighted by atomic mass is 79.9. The van der Waals surface area contributed by atoms with Gasteiger partial charge in [0.25, 0.3) is 5.91 Å². The minimum absolute atomic E-state index is 0.144. The Morgan fingerprint density at radius 1 is 1.20 bits per heavy atom. The summed E-state index contributed by atoms with van der Waals surface area (Å²) in [7, 11) is 0. The highest BCUT2D eigenvalue weighted by Crippen LogP contribution is 2.28. The number of halogens is 1. The number of benzene rings is 2. The van der Waals surface area contributed by atoms with E-state index >= 15 is 0 Å². The molecule has 0 unspecified atom stereocenters. The maximum Gasteiger partial charge on any atom is 0.258 e. The molecule has 0 radical (unpaired) electrons. The summed E-state index contributed by atoms with van der Waals surface area (Å²) < 4.78 is 11.9. The highest BCUT2D eigenvalue weighted by molar-refractivity contribution is 9.10. The molecule has 0 aliphatic rings. The van der Waals surface area contributed by atoms with E-state index in [4.69, 9.17) is 9.47 Å². The fraction of sp³-hybridized carbons (Fsp3) is 0.263. The maximum atomic E-state index is 12.2. The first-order valence-corrected chi connectivity index (χ1v) is 8.73. The molecular formula is C19H20BrNO4. The van der Waals surface area contributed by atoms with E-state index in [0.717, 1.165) is 16.3 Å². The number of rotatable bonds is 8. The molecule has 1 atom stereocenters. The van der Waals surface area contributed by atoms with E-state index in [2.05, 4.69) is 21.2 Å². The van der Waals surface area contributed by atoms with E-state index in [9.17, 15) is 9.59 Å². The van der Waals surface area contributed by atoms with Gasteiger partial charge in [0.2, 0.25) is 0 Å². The molecule has 0 bridgehead atoms. The molecule has 6 heteroatoms. The lowest BCUT2D eigenvalue weighted by Crippen LogP contribution is -2.31. The summed E-state index contributed by atoms with van der Waals surface area (Å²) >= 11 is 3.48. The van der Waals surface area contributed by atoms with Crippen molar-refractivity contribution in [3.8, 4) is 11.5 Å². The summed E-state index contributed by atoms with van der Waals surface area (Å²) in [5, 5.41) is 2.89. The summed E-state index contributed by atoms with van der Waals surface area (Å²) in [5.74, 6) is 0.625. The zero-order chi connectivity index (χ0) is 18.2. The molecule has 2 rings (SSSR count). The van der Waals surface area contributed by atoms with E-state index in [-0.39, 0.29) is 18.6 Å². The van der Waals surface area contributed by atoms with Gasteiger partial charge in [-0.1, -0.05) is 34.1 Å². The zero-order valence-electron chi connectivity index (χ0n) is 14.1. The predicted molar refractivity (Wildman–Crippen MR) is 99.2 cm³/mol. The second kappa shape index (κ2) is 9.22. The van der Waals surface area contributed by atoms with Crippen molar-refractivity contribution in [2.75, 3.05) is 13.2 Å². The molecule has 0 aliphatic carbocycles. The molecule has 1 amide bonds. The first-order chi connectivity index (χ1) is 12.0. The molecule has 25 heavy (non-hydrogen) atoms. The molecule has 2 aromatic rings. The van der Waals surface area contributed by atoms with Gasteiger partial charge in [0.15, 0.2) is 18.1 Å². The quantitative estimate of drug-likeness (QED) is 0.675. The van der Waals surface area contributed by atoms with Gasteiger partial charge in [0, 0.05) is 10.0 Å². The van der Waals surface area contributed by atoms with E-state index in [1.165, 1.54) is 0 Å². The summed E-state index contributed by atoms with van der Waals surface area (Å²) in [5.41, 5.74) is 1.48. The maximum absolute atomic E-state index is 12.2. The van der Waals surface area contributed by atoms with Gasteiger partial charge in [-0.3, -0.25) is 9.59 Å². The van der Waals surface area contributed by atoms with E-state index in [0.29, 0.717) is 23.7 Å². The van der Waals surface area contributed by atoms with Gasteiger partial charge >= 0.3 is 0 Å². The molecule has 1 N–H and O–H groups in total. The van der Waals surface area contributed by atoms with Crippen molar-refractivity contribution < 1.29 is 19.1 Å². The number of carbonyl (C=O) groups is 2. The van der Waals surface area contributed by atoms with Gasteiger partial charge in [-0.25, -0.2) is 0 Å². The molecule has 5 nitrogen and oxygen atoms in total. The molecule has 0 heterocycles. The molecule has 0 saturated heterocycles. The number of aldehydes is 1. The van der Waals surface area contributed by atoms with Crippen molar-refractivity contribution in [2.24, 2.45) is 0 Å². The van der Waals surface area contributed by atoms with Crippen molar-refractivity contribution in [2.45, 2.75) is 19.9 Å². The Morgan fingerprint density at radius 3 is 2.64 bits per heavy atom. The van der Waals surface area contributed by atoms with Gasteiger partial charge in [-0.15, -0.1) is 0 Å². The first kappa shape index (κ1) is 19.0. The Kier molecular flexibility index (Phi) is 7.01. The van der Waals surface area contributed by atoms with E-state index in [1.54, 1.807) is 18.2 Å². The predicted octanol–water partition coefficient (Wildman–Crippen LogP) is 3.92. The van der Waals surface area contributed by atoms with Crippen LogP contribution in [0.5, 0.6) is 11.5 Å². The average Bonchev–Trinajstić information content (AvgIpc) is 2.61. The molecule has 0 aromatic heterocycles. The standard InChI is InChI=1S/C19H20BrNO4/c1-3-24-18-10-14(11-22)8-9-17(18)25-12-19(23)21-13(2)15-6-4-5-7-16(15)20/h4-11,13H,3,12H2,1-2H3,(H,21,23)/t13-/m0/s1. The Morgan fingerprint density at radius 2 is 1.96 bits per heavy atom. The number of nitrogens with one attached hydrogen (secondary N) is 1. The lowest BCUT2D eigenvalue weighted by Gasteiger charge is -2.17. The molecule has 0 saturated carbocycles. The van der Waals surface area contributed by atoms with Gasteiger partial charge in [-0.05, 0) is 43.7 Å². The minimum Gasteiger partial charge on any atom is -0.490 e. The van der Waals surface area contributed by atoms with Gasteiger partial charge in [0.05, 0.1) is 12.6 Å². The molecule has 0 fully saturated rings. The largest absolute Gasteiger partial charge is 0.490 e. The van der Waals surface area contributed by atoms with Crippen LogP contribution in [0.15, 0.2) is 46.9 Å². The lowest BCUT2D eigenvalue weighted by molar-refractivity contribution is -0.123. The third-order valence-electron chi connectivity index (χ3n) is 3.51. The molecule has 0 aliphatic heterocycles. The van der Waals surface area contributed by atoms with E-state index < -0.39 is 0 Å². The van der Waals surface area contributed by atoms with Crippen LogP contribution < -0.4 is 14.8 Å². The van der Waals surface area contributed by atoms with Crippen LogP contribution in [0.25, 0.3) is 0 Å². The van der Waals surface area contributed by atoms with E-state index in [1.807, 2.05) is 38.1 Å². The van der Waals surface area contributed by atoms with Crippen molar-refractivity contribution in [3.05, 3.63) is 58.1 Å². The highest BCUT2D eigenvalue weighted by Gasteiger charge is 2.14. The number of carbonyl (C=O) groups excluding carboxylic acids is 2. The topological polar surface area (TPSA) is 64.6 Å². The number of hydrogen-bond acceptors (Lipinski definition) is 4. The Labute approximate surface area is 155 Å². The van der Waals surface area contributed by atoms with Gasteiger partial charge in [-0.2, -0.15) is 0 Å². The van der Waals surface area contributed by atoms with Crippen LogP contribution in [-0.2, 0) is 4.79 Å². The zero-order valence-corrected chi connectivity index (χ0v) is 15.7. The normalized spacial score (nSPS) is 11.5. The second-order valence-electron chi connectivity index (χ2n) is 5.36. The molecule has 132 valence electrons. The Hall–Kier alpha value is -2.34. The Bertz CT molecular complexity index is 748. The van der Waals surface area contributed by atoms with Crippen molar-refractivity contribution in [1.29, 1.82) is 0 Å². The summed E-state index contributed by atoms with van der Waals surface area (Å²) in [4.78, 5) is 23.0. The van der Waals surface area contributed by atoms with Crippen molar-refractivity contribution in [1.82, 2.24) is 5.32 Å². The number of ether oxygens (including phenoxy) is 2. The fourth-order valence-corrected chi connectivity index (χ4v) is 2.94. The molecule has 0 spiro atoms.